The van der Waals surface area contributed by atoms with Crippen molar-refractivity contribution in [2.75, 3.05) is 25.0 Å². The topological polar surface area (TPSA) is 61.9 Å². The number of amides is 3. The van der Waals surface area contributed by atoms with E-state index in [0.29, 0.717) is 26.2 Å². The molecule has 6 nitrogen and oxygen atoms in total. The van der Waals surface area contributed by atoms with Crippen LogP contribution in [0.25, 0.3) is 0 Å². The SMILES string of the molecule is Cc1ccsc1CN(Cc1ccccc1)C(=O)CN(CC1CCCO1)C(=O)Nc1c(C(C)C)cccc1C(C)C. The lowest BCUT2D eigenvalue weighted by Gasteiger charge is -2.30. The van der Waals surface area contributed by atoms with E-state index in [4.69, 9.17) is 4.74 Å². The molecule has 7 heteroatoms. The van der Waals surface area contributed by atoms with Crippen LogP contribution >= 0.6 is 11.3 Å². The molecule has 2 aromatic carbocycles. The van der Waals surface area contributed by atoms with Gasteiger partial charge in [0.2, 0.25) is 5.91 Å². The number of carbonyl (C=O) groups excluding carboxylic acids is 2. The Bertz CT molecular complexity index is 1240. The predicted octanol–water partition coefficient (Wildman–Crippen LogP) is 7.55. The van der Waals surface area contributed by atoms with Crippen LogP contribution in [0.5, 0.6) is 0 Å². The van der Waals surface area contributed by atoms with Crippen LogP contribution in [-0.4, -0.2) is 47.5 Å². The van der Waals surface area contributed by atoms with Crippen molar-refractivity contribution in [3.63, 3.8) is 0 Å². The molecule has 1 saturated heterocycles. The minimum Gasteiger partial charge on any atom is -0.376 e. The maximum Gasteiger partial charge on any atom is 0.322 e. The number of nitrogens with zero attached hydrogens (tertiary/aromatic N) is 2. The summed E-state index contributed by atoms with van der Waals surface area (Å²) in [6.45, 7) is 12.7. The number of para-hydroxylation sites is 1. The van der Waals surface area contributed by atoms with E-state index in [1.54, 1.807) is 16.2 Å². The van der Waals surface area contributed by atoms with Gasteiger partial charge in [0.25, 0.3) is 0 Å². The predicted molar refractivity (Wildman–Crippen MR) is 164 cm³/mol. The Kier molecular flexibility index (Phi) is 10.4. The Labute approximate surface area is 243 Å². The molecule has 0 radical (unpaired) electrons. The van der Waals surface area contributed by atoms with Gasteiger partial charge in [-0.15, -0.1) is 11.3 Å². The Morgan fingerprint density at radius 3 is 2.23 bits per heavy atom. The van der Waals surface area contributed by atoms with Crippen LogP contribution in [0.1, 0.15) is 79.5 Å². The molecule has 0 bridgehead atoms. The number of benzene rings is 2. The summed E-state index contributed by atoms with van der Waals surface area (Å²) in [5, 5.41) is 5.29. The summed E-state index contributed by atoms with van der Waals surface area (Å²) in [5.41, 5.74) is 5.30. The molecular weight excluding hydrogens is 518 g/mol. The van der Waals surface area contributed by atoms with E-state index >= 15 is 0 Å². The van der Waals surface area contributed by atoms with Crippen molar-refractivity contribution in [2.24, 2.45) is 0 Å². The van der Waals surface area contributed by atoms with Gasteiger partial charge in [0.05, 0.1) is 12.6 Å². The van der Waals surface area contributed by atoms with Gasteiger partial charge in [0, 0.05) is 30.3 Å². The average molecular weight is 562 g/mol. The van der Waals surface area contributed by atoms with Gasteiger partial charge in [-0.3, -0.25) is 4.79 Å². The van der Waals surface area contributed by atoms with E-state index in [2.05, 4.69) is 69.6 Å². The van der Waals surface area contributed by atoms with Crippen LogP contribution in [0, 0.1) is 6.92 Å². The van der Waals surface area contributed by atoms with Crippen LogP contribution in [0.15, 0.2) is 60.0 Å². The van der Waals surface area contributed by atoms with Gasteiger partial charge in [0.15, 0.2) is 0 Å². The zero-order chi connectivity index (χ0) is 28.6. The average Bonchev–Trinajstić information content (AvgIpc) is 3.59. The maximum atomic E-state index is 13.9. The number of hydrogen-bond acceptors (Lipinski definition) is 4. The molecule has 1 fully saturated rings. The fourth-order valence-corrected chi connectivity index (χ4v) is 6.09. The number of nitrogens with one attached hydrogen (secondary N) is 1. The second-order valence-corrected chi connectivity index (χ2v) is 12.3. The molecule has 40 heavy (non-hydrogen) atoms. The molecule has 2 heterocycles. The Hall–Kier alpha value is -3.16. The van der Waals surface area contributed by atoms with Crippen molar-refractivity contribution in [3.05, 3.63) is 87.1 Å². The minimum absolute atomic E-state index is 0.0101. The number of rotatable bonds is 11. The van der Waals surface area contributed by atoms with Crippen molar-refractivity contribution in [3.8, 4) is 0 Å². The fourth-order valence-electron chi connectivity index (χ4n) is 5.17. The quantitative estimate of drug-likeness (QED) is 0.263. The third-order valence-electron chi connectivity index (χ3n) is 7.54. The second-order valence-electron chi connectivity index (χ2n) is 11.3. The number of hydrogen-bond donors (Lipinski definition) is 1. The lowest BCUT2D eigenvalue weighted by atomic mass is 9.93. The van der Waals surface area contributed by atoms with Crippen LogP contribution < -0.4 is 5.32 Å². The Morgan fingerprint density at radius 1 is 0.950 bits per heavy atom. The third kappa shape index (κ3) is 7.73. The van der Waals surface area contributed by atoms with Gasteiger partial charge in [-0.1, -0.05) is 76.2 Å². The summed E-state index contributed by atoms with van der Waals surface area (Å²) < 4.78 is 5.90. The number of anilines is 1. The monoisotopic (exact) mass is 561 g/mol. The van der Waals surface area contributed by atoms with Gasteiger partial charge in [-0.05, 0) is 65.3 Å². The number of ether oxygens (including phenoxy) is 1. The molecule has 1 aromatic heterocycles. The van der Waals surface area contributed by atoms with E-state index in [1.807, 2.05) is 35.2 Å². The number of thiophene rings is 1. The minimum atomic E-state index is -0.259. The third-order valence-corrected chi connectivity index (χ3v) is 8.55. The first-order valence-electron chi connectivity index (χ1n) is 14.4. The lowest BCUT2D eigenvalue weighted by molar-refractivity contribution is -0.133. The largest absolute Gasteiger partial charge is 0.376 e. The van der Waals surface area contributed by atoms with Crippen molar-refractivity contribution in [1.29, 1.82) is 0 Å². The van der Waals surface area contributed by atoms with E-state index < -0.39 is 0 Å². The van der Waals surface area contributed by atoms with Crippen molar-refractivity contribution in [1.82, 2.24) is 9.80 Å². The van der Waals surface area contributed by atoms with E-state index in [9.17, 15) is 9.59 Å². The number of carbonyl (C=O) groups is 2. The molecular formula is C33H43N3O3S. The Balaban J connectivity index is 1.60. The van der Waals surface area contributed by atoms with Gasteiger partial charge in [-0.25, -0.2) is 4.79 Å². The number of urea groups is 1. The summed E-state index contributed by atoms with van der Waals surface area (Å²) in [7, 11) is 0. The zero-order valence-corrected chi connectivity index (χ0v) is 25.3. The fraction of sp³-hybridized carbons (Fsp3) is 0.455. The van der Waals surface area contributed by atoms with E-state index in [1.165, 1.54) is 5.56 Å². The molecule has 214 valence electrons. The molecule has 0 saturated carbocycles. The standard InChI is InChI=1S/C33H43N3O3S/c1-23(2)28-14-9-15-29(24(3)4)32(28)34-33(38)36(20-27-13-10-17-39-27)22-31(37)35(19-26-11-7-6-8-12-26)21-30-25(5)16-18-40-30/h6-9,11-12,14-16,18,23-24,27H,10,13,17,19-22H2,1-5H3,(H,34,38). The summed E-state index contributed by atoms with van der Waals surface area (Å²) in [5.74, 6) is 0.418. The molecule has 1 atom stereocenters. The molecule has 1 N–H and O–H groups in total. The van der Waals surface area contributed by atoms with Crippen molar-refractivity contribution >= 4 is 29.0 Å². The highest BCUT2D eigenvalue weighted by Gasteiger charge is 2.28. The number of aryl methyl sites for hydroxylation is 1. The van der Waals surface area contributed by atoms with Gasteiger partial charge < -0.3 is 19.9 Å². The second kappa shape index (κ2) is 14.0. The molecule has 4 rings (SSSR count). The first kappa shape index (κ1) is 29.8. The first-order chi connectivity index (χ1) is 19.2. The molecule has 0 aliphatic carbocycles. The van der Waals surface area contributed by atoms with E-state index in [0.717, 1.165) is 40.1 Å². The van der Waals surface area contributed by atoms with Crippen LogP contribution in [-0.2, 0) is 22.6 Å². The summed E-state index contributed by atoms with van der Waals surface area (Å²) in [4.78, 5) is 32.6. The molecule has 1 unspecified atom stereocenters. The highest BCUT2D eigenvalue weighted by molar-refractivity contribution is 7.10. The normalized spacial score (nSPS) is 15.0. The molecule has 3 amide bonds. The maximum absolute atomic E-state index is 13.9. The van der Waals surface area contributed by atoms with Gasteiger partial charge >= 0.3 is 6.03 Å². The van der Waals surface area contributed by atoms with E-state index in [-0.39, 0.29) is 36.4 Å². The summed E-state index contributed by atoms with van der Waals surface area (Å²) in [6.07, 6.45) is 1.80. The molecule has 1 aliphatic rings. The highest BCUT2D eigenvalue weighted by atomic mass is 32.1. The highest BCUT2D eigenvalue weighted by Crippen LogP contribution is 2.33. The van der Waals surface area contributed by atoms with Crippen molar-refractivity contribution < 1.29 is 14.3 Å². The summed E-state index contributed by atoms with van der Waals surface area (Å²) in [6, 6.07) is 18.1. The molecule has 1 aliphatic heterocycles. The molecule has 3 aromatic rings. The zero-order valence-electron chi connectivity index (χ0n) is 24.5. The summed E-state index contributed by atoms with van der Waals surface area (Å²) >= 11 is 1.66. The van der Waals surface area contributed by atoms with Crippen molar-refractivity contribution in [2.45, 2.75) is 78.5 Å². The smallest absolute Gasteiger partial charge is 0.322 e. The van der Waals surface area contributed by atoms with Gasteiger partial charge in [-0.2, -0.15) is 0 Å². The van der Waals surface area contributed by atoms with Crippen LogP contribution in [0.2, 0.25) is 0 Å². The van der Waals surface area contributed by atoms with Gasteiger partial charge in [0.1, 0.15) is 6.54 Å². The first-order valence-corrected chi connectivity index (χ1v) is 15.3. The molecule has 0 spiro atoms. The Morgan fingerprint density at radius 2 is 1.65 bits per heavy atom. The lowest BCUT2D eigenvalue weighted by Crippen LogP contribution is -2.47. The van der Waals surface area contributed by atoms with Crippen LogP contribution in [0.3, 0.4) is 0 Å². The van der Waals surface area contributed by atoms with Crippen LogP contribution in [0.4, 0.5) is 10.5 Å².